The zero-order valence-electron chi connectivity index (χ0n) is 14.9. The van der Waals surface area contributed by atoms with Crippen LogP contribution in [0.1, 0.15) is 44.0 Å². The average molecular weight is 368 g/mol. The molecule has 1 aromatic carbocycles. The van der Waals surface area contributed by atoms with Crippen molar-refractivity contribution in [1.29, 1.82) is 5.26 Å². The molecule has 3 rings (SSSR count). The first-order valence-corrected chi connectivity index (χ1v) is 9.15. The van der Waals surface area contributed by atoms with E-state index < -0.39 is 0 Å². The highest BCUT2D eigenvalue weighted by Gasteiger charge is 2.33. The van der Waals surface area contributed by atoms with Crippen molar-refractivity contribution in [1.82, 2.24) is 10.3 Å². The minimum atomic E-state index is -0.389. The predicted octanol–water partition coefficient (Wildman–Crippen LogP) is 4.94. The molecule has 0 radical (unpaired) electrons. The van der Waals surface area contributed by atoms with E-state index in [0.29, 0.717) is 16.8 Å². The second kappa shape index (κ2) is 9.74. The summed E-state index contributed by atoms with van der Waals surface area (Å²) in [6, 6.07) is 16.8. The van der Waals surface area contributed by atoms with E-state index in [1.54, 1.807) is 18.2 Å². The number of benzene rings is 1. The van der Waals surface area contributed by atoms with Crippen LogP contribution >= 0.6 is 11.6 Å². The molecule has 1 N–H and O–H groups in total. The molecule has 0 saturated heterocycles. The van der Waals surface area contributed by atoms with Crippen molar-refractivity contribution in [3.05, 3.63) is 70.5 Å². The van der Waals surface area contributed by atoms with E-state index >= 15 is 0 Å². The molecule has 1 aromatic heterocycles. The number of pyridine rings is 1. The summed E-state index contributed by atoms with van der Waals surface area (Å²) in [5, 5.41) is 12.6. The maximum Gasteiger partial charge on any atom is 0.262 e. The summed E-state index contributed by atoms with van der Waals surface area (Å²) in [5.74, 6) is 0.0422. The number of hydrogen-bond acceptors (Lipinski definition) is 3. The Morgan fingerprint density at radius 3 is 2.50 bits per heavy atom. The third-order valence-electron chi connectivity index (χ3n) is 3.93. The van der Waals surface area contributed by atoms with Gasteiger partial charge in [0, 0.05) is 0 Å². The Morgan fingerprint density at radius 2 is 1.92 bits per heavy atom. The molecule has 1 saturated carbocycles. The number of rotatable bonds is 5. The molecule has 2 aromatic rings. The first-order chi connectivity index (χ1) is 12.7. The number of aromatic nitrogens is 1. The molecule has 1 amide bonds. The first kappa shape index (κ1) is 19.7. The Balaban J connectivity index is 0.00000117. The van der Waals surface area contributed by atoms with Crippen molar-refractivity contribution >= 4 is 23.6 Å². The topological polar surface area (TPSA) is 65.8 Å². The molecule has 0 spiro atoms. The standard InChI is InChI=1S/C19H16ClN3O.C2H6/c20-17-8-4-7-16(22-17)11-15(12-21)19(24)23-18(14-9-10-14)13-5-2-1-3-6-13;1-2/h1-8,11,14,18H,9-10H2,(H,23,24);1-2H3/b15-11+;. The number of hydrogen-bond donors (Lipinski definition) is 1. The van der Waals surface area contributed by atoms with Crippen LogP contribution in [0.3, 0.4) is 0 Å². The van der Waals surface area contributed by atoms with Gasteiger partial charge in [0.2, 0.25) is 0 Å². The van der Waals surface area contributed by atoms with Gasteiger partial charge in [0.25, 0.3) is 5.91 Å². The van der Waals surface area contributed by atoms with Gasteiger partial charge in [-0.2, -0.15) is 5.26 Å². The zero-order chi connectivity index (χ0) is 18.9. The molecule has 26 heavy (non-hydrogen) atoms. The molecule has 1 aliphatic rings. The van der Waals surface area contributed by atoms with E-state index in [2.05, 4.69) is 10.3 Å². The summed E-state index contributed by atoms with van der Waals surface area (Å²) in [4.78, 5) is 16.6. The van der Waals surface area contributed by atoms with Gasteiger partial charge >= 0.3 is 0 Å². The van der Waals surface area contributed by atoms with Crippen molar-refractivity contribution in [3.63, 3.8) is 0 Å². The monoisotopic (exact) mass is 367 g/mol. The maximum atomic E-state index is 12.5. The summed E-state index contributed by atoms with van der Waals surface area (Å²) < 4.78 is 0. The number of amides is 1. The van der Waals surface area contributed by atoms with E-state index in [9.17, 15) is 10.1 Å². The van der Waals surface area contributed by atoms with Gasteiger partial charge in [-0.15, -0.1) is 0 Å². The van der Waals surface area contributed by atoms with Gasteiger partial charge in [-0.05, 0) is 42.5 Å². The Labute approximate surface area is 159 Å². The van der Waals surface area contributed by atoms with E-state index in [1.165, 1.54) is 6.08 Å². The van der Waals surface area contributed by atoms with Gasteiger partial charge in [0.15, 0.2) is 0 Å². The molecule has 1 aliphatic carbocycles. The zero-order valence-corrected chi connectivity index (χ0v) is 15.7. The Morgan fingerprint density at radius 1 is 1.23 bits per heavy atom. The number of nitrogens with zero attached hydrogens (tertiary/aromatic N) is 2. The Hall–Kier alpha value is -2.64. The van der Waals surface area contributed by atoms with Gasteiger partial charge in [0.1, 0.15) is 16.8 Å². The molecule has 134 valence electrons. The number of carbonyl (C=O) groups excluding carboxylic acids is 1. The van der Waals surface area contributed by atoms with Gasteiger partial charge in [-0.3, -0.25) is 4.79 Å². The third-order valence-corrected chi connectivity index (χ3v) is 4.14. The lowest BCUT2D eigenvalue weighted by Gasteiger charge is -2.18. The van der Waals surface area contributed by atoms with Crippen molar-refractivity contribution < 1.29 is 4.79 Å². The molecule has 0 bridgehead atoms. The number of nitriles is 1. The van der Waals surface area contributed by atoms with Crippen LogP contribution in [0.4, 0.5) is 0 Å². The summed E-state index contributed by atoms with van der Waals surface area (Å²) in [5.41, 5.74) is 1.56. The Bertz CT molecular complexity index is 808. The van der Waals surface area contributed by atoms with E-state index in [-0.39, 0.29) is 17.5 Å². The van der Waals surface area contributed by atoms with Gasteiger partial charge < -0.3 is 5.32 Å². The smallest absolute Gasteiger partial charge is 0.262 e. The average Bonchev–Trinajstić information content (AvgIpc) is 3.51. The highest BCUT2D eigenvalue weighted by atomic mass is 35.5. The highest BCUT2D eigenvalue weighted by molar-refractivity contribution is 6.29. The summed E-state index contributed by atoms with van der Waals surface area (Å²) in [6.07, 6.45) is 3.62. The lowest BCUT2D eigenvalue weighted by Crippen LogP contribution is -2.30. The molecule has 1 unspecified atom stereocenters. The van der Waals surface area contributed by atoms with Crippen LogP contribution in [0.15, 0.2) is 54.1 Å². The van der Waals surface area contributed by atoms with Crippen LogP contribution < -0.4 is 5.32 Å². The molecule has 1 heterocycles. The number of halogens is 1. The minimum Gasteiger partial charge on any atom is -0.344 e. The minimum absolute atomic E-state index is 0.0198. The van der Waals surface area contributed by atoms with Crippen LogP contribution in [0.5, 0.6) is 0 Å². The lowest BCUT2D eigenvalue weighted by molar-refractivity contribution is -0.117. The molecule has 5 heteroatoms. The second-order valence-electron chi connectivity index (χ2n) is 5.75. The normalized spacial score (nSPS) is 14.5. The van der Waals surface area contributed by atoms with Crippen molar-refractivity contribution in [2.45, 2.75) is 32.7 Å². The second-order valence-corrected chi connectivity index (χ2v) is 6.14. The maximum absolute atomic E-state index is 12.5. The lowest BCUT2D eigenvalue weighted by atomic mass is 10.0. The van der Waals surface area contributed by atoms with Gasteiger partial charge in [-0.25, -0.2) is 4.98 Å². The van der Waals surface area contributed by atoms with Gasteiger partial charge in [-0.1, -0.05) is 61.8 Å². The summed E-state index contributed by atoms with van der Waals surface area (Å²) >= 11 is 5.84. The van der Waals surface area contributed by atoms with Crippen molar-refractivity contribution in [2.24, 2.45) is 5.92 Å². The number of carbonyl (C=O) groups is 1. The predicted molar refractivity (Wildman–Crippen MR) is 104 cm³/mol. The van der Waals surface area contributed by atoms with Crippen LogP contribution in [-0.2, 0) is 4.79 Å². The summed E-state index contributed by atoms with van der Waals surface area (Å²) in [6.45, 7) is 4.00. The molecule has 4 nitrogen and oxygen atoms in total. The largest absolute Gasteiger partial charge is 0.344 e. The fraction of sp³-hybridized carbons (Fsp3) is 0.286. The molecule has 1 fully saturated rings. The fourth-order valence-corrected chi connectivity index (χ4v) is 2.75. The van der Waals surface area contributed by atoms with Crippen LogP contribution in [0.25, 0.3) is 6.08 Å². The van der Waals surface area contributed by atoms with Crippen LogP contribution in [0.2, 0.25) is 5.15 Å². The van der Waals surface area contributed by atoms with Crippen LogP contribution in [-0.4, -0.2) is 10.9 Å². The SMILES string of the molecule is CC.N#C/C(=C\c1cccc(Cl)n1)C(=O)NC(c1ccccc1)C1CC1. The van der Waals surface area contributed by atoms with Crippen molar-refractivity contribution in [3.8, 4) is 6.07 Å². The Kier molecular flexibility index (Phi) is 7.37. The number of nitrogens with one attached hydrogen (secondary N) is 1. The van der Waals surface area contributed by atoms with E-state index in [4.69, 9.17) is 11.6 Å². The quantitative estimate of drug-likeness (QED) is 0.462. The fourth-order valence-electron chi connectivity index (χ4n) is 2.58. The third kappa shape index (κ3) is 5.44. The van der Waals surface area contributed by atoms with Crippen LogP contribution in [0, 0.1) is 17.2 Å². The van der Waals surface area contributed by atoms with Crippen molar-refractivity contribution in [2.75, 3.05) is 0 Å². The molecular weight excluding hydrogens is 346 g/mol. The molecule has 0 aliphatic heterocycles. The first-order valence-electron chi connectivity index (χ1n) is 8.77. The molecule has 1 atom stereocenters. The highest BCUT2D eigenvalue weighted by Crippen LogP contribution is 2.41. The summed E-state index contributed by atoms with van der Waals surface area (Å²) in [7, 11) is 0. The van der Waals surface area contributed by atoms with E-state index in [0.717, 1.165) is 18.4 Å². The van der Waals surface area contributed by atoms with E-state index in [1.807, 2.05) is 50.2 Å². The van der Waals surface area contributed by atoms with Gasteiger partial charge in [0.05, 0.1) is 11.7 Å². The molecular formula is C21H22ClN3O.